The van der Waals surface area contributed by atoms with Crippen molar-refractivity contribution in [2.45, 2.75) is 353 Å². The van der Waals surface area contributed by atoms with Crippen molar-refractivity contribution in [1.29, 1.82) is 0 Å². The largest absolute Gasteiger partial charge is 0.394 e. The number of carbonyl (C=O) groups excluding carboxylic acids is 1. The van der Waals surface area contributed by atoms with Crippen LogP contribution in [-0.2, 0) is 4.79 Å². The first-order chi connectivity index (χ1) is 30.6. The second-order valence-electron chi connectivity index (χ2n) is 20.2. The Balaban J connectivity index is 3.38. The van der Waals surface area contributed by atoms with Crippen molar-refractivity contribution < 1.29 is 20.1 Å². The van der Waals surface area contributed by atoms with E-state index in [0.29, 0.717) is 12.8 Å². The highest BCUT2D eigenvalue weighted by Crippen LogP contribution is 2.19. The summed E-state index contributed by atoms with van der Waals surface area (Å²) in [6, 6.07) is -0.706. The third-order valence-electron chi connectivity index (χ3n) is 14.0. The predicted octanol–water partition coefficient (Wildman–Crippen LogP) is 17.7. The van der Waals surface area contributed by atoms with Crippen molar-refractivity contribution in [3.05, 3.63) is 0 Å². The van der Waals surface area contributed by atoms with Crippen LogP contribution >= 0.6 is 0 Å². The lowest BCUT2D eigenvalue weighted by Crippen LogP contribution is -2.49. The summed E-state index contributed by atoms with van der Waals surface area (Å²) in [6.07, 6.45) is 64.7. The van der Waals surface area contributed by atoms with Crippen LogP contribution in [0.1, 0.15) is 335 Å². The van der Waals surface area contributed by atoms with Crippen LogP contribution in [0.5, 0.6) is 0 Å². The molecule has 0 aliphatic rings. The molecule has 0 saturated carbocycles. The summed E-state index contributed by atoms with van der Waals surface area (Å²) in [5.74, 6) is -0.464. The van der Waals surface area contributed by atoms with Gasteiger partial charge in [0.05, 0.1) is 18.8 Å². The van der Waals surface area contributed by atoms with Gasteiger partial charge in [-0.3, -0.25) is 4.79 Å². The topological polar surface area (TPSA) is 89.8 Å². The zero-order chi connectivity index (χ0) is 45.1. The van der Waals surface area contributed by atoms with Gasteiger partial charge >= 0.3 is 0 Å². The molecule has 0 fully saturated rings. The molecule has 5 nitrogen and oxygen atoms in total. The minimum Gasteiger partial charge on any atom is -0.394 e. The normalized spacial score (nSPS) is 13.2. The highest BCUT2D eigenvalue weighted by Gasteiger charge is 2.23. The van der Waals surface area contributed by atoms with Gasteiger partial charge in [0.1, 0.15) is 6.10 Å². The molecule has 4 N–H and O–H groups in total. The molecule has 62 heavy (non-hydrogen) atoms. The molecule has 0 spiro atoms. The van der Waals surface area contributed by atoms with Crippen LogP contribution in [0.15, 0.2) is 0 Å². The predicted molar refractivity (Wildman–Crippen MR) is 273 cm³/mol. The number of carbonyl (C=O) groups is 1. The van der Waals surface area contributed by atoms with Gasteiger partial charge in [0.2, 0.25) is 5.91 Å². The number of aliphatic hydroxyl groups excluding tert-OH is 3. The Morgan fingerprint density at radius 1 is 0.323 bits per heavy atom. The zero-order valence-electron chi connectivity index (χ0n) is 42.5. The lowest BCUT2D eigenvalue weighted by molar-refractivity contribution is -0.131. The lowest BCUT2D eigenvalue weighted by atomic mass is 10.0. The van der Waals surface area contributed by atoms with E-state index in [4.69, 9.17) is 0 Å². The molecule has 0 aliphatic carbocycles. The lowest BCUT2D eigenvalue weighted by Gasteiger charge is -2.23. The van der Waals surface area contributed by atoms with Crippen LogP contribution in [0.4, 0.5) is 0 Å². The second-order valence-corrected chi connectivity index (χ2v) is 20.2. The fraction of sp³-hybridized carbons (Fsp3) is 0.982. The van der Waals surface area contributed by atoms with E-state index in [9.17, 15) is 20.1 Å². The van der Waals surface area contributed by atoms with Crippen LogP contribution in [-0.4, -0.2) is 46.1 Å². The van der Waals surface area contributed by atoms with E-state index in [0.717, 1.165) is 32.1 Å². The fourth-order valence-electron chi connectivity index (χ4n) is 9.49. The van der Waals surface area contributed by atoms with E-state index in [-0.39, 0.29) is 6.61 Å². The Labute approximate surface area is 389 Å². The first-order valence-electron chi connectivity index (χ1n) is 28.8. The maximum Gasteiger partial charge on any atom is 0.249 e. The minimum absolute atomic E-state index is 0.308. The third-order valence-corrected chi connectivity index (χ3v) is 14.0. The van der Waals surface area contributed by atoms with E-state index in [2.05, 4.69) is 19.2 Å². The summed E-state index contributed by atoms with van der Waals surface area (Å²) in [7, 11) is 0. The molecular weight excluding hydrogens is 763 g/mol. The highest BCUT2D eigenvalue weighted by atomic mass is 16.3. The molecule has 0 saturated heterocycles. The molecule has 0 heterocycles. The zero-order valence-corrected chi connectivity index (χ0v) is 42.5. The summed E-state index contributed by atoms with van der Waals surface area (Å²) in [4.78, 5) is 12.5. The highest BCUT2D eigenvalue weighted by molar-refractivity contribution is 5.80. The minimum atomic E-state index is -1.07. The number of unbranched alkanes of at least 4 members (excludes halogenated alkanes) is 46. The molecule has 0 bridgehead atoms. The maximum absolute atomic E-state index is 12.5. The summed E-state index contributed by atoms with van der Waals surface area (Å²) >= 11 is 0. The van der Waals surface area contributed by atoms with E-state index in [1.807, 2.05) is 0 Å². The van der Waals surface area contributed by atoms with Gasteiger partial charge in [-0.25, -0.2) is 0 Å². The van der Waals surface area contributed by atoms with Crippen molar-refractivity contribution in [3.8, 4) is 0 Å². The van der Waals surface area contributed by atoms with Crippen molar-refractivity contribution in [2.24, 2.45) is 0 Å². The van der Waals surface area contributed by atoms with Gasteiger partial charge < -0.3 is 20.6 Å². The fourth-order valence-corrected chi connectivity index (χ4v) is 9.49. The van der Waals surface area contributed by atoms with Gasteiger partial charge in [0, 0.05) is 0 Å². The van der Waals surface area contributed by atoms with E-state index in [1.54, 1.807) is 0 Å². The Kier molecular flexibility index (Phi) is 52.4. The van der Waals surface area contributed by atoms with Crippen molar-refractivity contribution in [3.63, 3.8) is 0 Å². The Hall–Kier alpha value is -0.650. The van der Waals surface area contributed by atoms with Gasteiger partial charge in [0.15, 0.2) is 0 Å². The number of amides is 1. The molecule has 0 aliphatic heterocycles. The SMILES string of the molecule is CCCCCCCCCCCCCCCCCCCCCCCCCCCCCCCCCCCCCCC(O)C(=O)NC(CO)C(O)CCCCCCCCCCCCCC. The van der Waals surface area contributed by atoms with Gasteiger partial charge in [-0.05, 0) is 12.8 Å². The summed E-state index contributed by atoms with van der Waals surface area (Å²) in [5, 5.41) is 33.4. The molecule has 0 rings (SSSR count). The molecule has 3 atom stereocenters. The quantitative estimate of drug-likeness (QED) is 0.0458. The Morgan fingerprint density at radius 2 is 0.516 bits per heavy atom. The smallest absolute Gasteiger partial charge is 0.249 e. The van der Waals surface area contributed by atoms with Gasteiger partial charge in [-0.15, -0.1) is 0 Å². The second kappa shape index (κ2) is 53.0. The summed E-state index contributed by atoms with van der Waals surface area (Å²) < 4.78 is 0. The molecule has 1 amide bonds. The molecule has 0 aromatic rings. The van der Waals surface area contributed by atoms with Gasteiger partial charge in [-0.1, -0.05) is 322 Å². The van der Waals surface area contributed by atoms with Crippen molar-refractivity contribution in [2.75, 3.05) is 6.61 Å². The van der Waals surface area contributed by atoms with Crippen LogP contribution < -0.4 is 5.32 Å². The Morgan fingerprint density at radius 3 is 0.726 bits per heavy atom. The van der Waals surface area contributed by atoms with Crippen LogP contribution in [0.25, 0.3) is 0 Å². The number of hydrogen-bond donors (Lipinski definition) is 4. The van der Waals surface area contributed by atoms with E-state index < -0.39 is 24.2 Å². The van der Waals surface area contributed by atoms with E-state index >= 15 is 0 Å². The maximum atomic E-state index is 12.5. The first-order valence-corrected chi connectivity index (χ1v) is 28.8. The molecule has 5 heteroatoms. The number of nitrogens with one attached hydrogen (secondary N) is 1. The monoisotopic (exact) mass is 878 g/mol. The van der Waals surface area contributed by atoms with Crippen LogP contribution in [0, 0.1) is 0 Å². The molecule has 0 aromatic heterocycles. The molecular formula is C57H115NO4. The standard InChI is InChI=1S/C57H115NO4/c1-3-5-7-9-11-13-15-17-18-19-20-21-22-23-24-25-26-27-28-29-30-31-32-33-34-35-36-37-38-39-40-42-44-46-48-50-52-56(61)57(62)58-54(53-59)55(60)51-49-47-45-43-41-16-14-12-10-8-6-4-2/h54-56,59-61H,3-53H2,1-2H3,(H,58,62). The summed E-state index contributed by atoms with van der Waals surface area (Å²) in [5.41, 5.74) is 0. The molecule has 0 aromatic carbocycles. The van der Waals surface area contributed by atoms with E-state index in [1.165, 1.54) is 276 Å². The summed E-state index contributed by atoms with van der Waals surface area (Å²) in [6.45, 7) is 4.26. The van der Waals surface area contributed by atoms with Crippen LogP contribution in [0.2, 0.25) is 0 Å². The molecule has 0 radical (unpaired) electrons. The van der Waals surface area contributed by atoms with Gasteiger partial charge in [0.25, 0.3) is 0 Å². The van der Waals surface area contributed by atoms with Crippen LogP contribution in [0.3, 0.4) is 0 Å². The average Bonchev–Trinajstić information content (AvgIpc) is 3.28. The van der Waals surface area contributed by atoms with Gasteiger partial charge in [-0.2, -0.15) is 0 Å². The molecule has 372 valence electrons. The average molecular weight is 879 g/mol. The molecule has 3 unspecified atom stereocenters. The van der Waals surface area contributed by atoms with Crippen molar-refractivity contribution >= 4 is 5.91 Å². The first kappa shape index (κ1) is 61.4. The Bertz CT molecular complexity index is 838. The van der Waals surface area contributed by atoms with Crippen molar-refractivity contribution in [1.82, 2.24) is 5.32 Å². The number of aliphatic hydroxyl groups is 3. The number of rotatable bonds is 54. The third kappa shape index (κ3) is 47.3. The number of hydrogen-bond acceptors (Lipinski definition) is 4.